The van der Waals surface area contributed by atoms with Gasteiger partial charge in [0.2, 0.25) is 0 Å². The first-order valence-corrected chi connectivity index (χ1v) is 8.17. The SMILES string of the molecule is O=C1CCCC2=C1C(c1ccc(Cl)c(C(F)(F)F)c1)n1nccc1N2. The van der Waals surface area contributed by atoms with Crippen LogP contribution in [0.1, 0.15) is 36.4 Å². The first-order chi connectivity index (χ1) is 11.9. The number of alkyl halides is 3. The molecule has 2 aliphatic rings. The average Bonchev–Trinajstić information content (AvgIpc) is 3.01. The second kappa shape index (κ2) is 5.62. The molecule has 0 amide bonds. The molecule has 0 saturated heterocycles. The molecular formula is C17H13ClF3N3O. The van der Waals surface area contributed by atoms with E-state index in [0.717, 1.165) is 18.2 Å². The Balaban J connectivity index is 1.91. The quantitative estimate of drug-likeness (QED) is 0.802. The van der Waals surface area contributed by atoms with E-state index in [4.69, 9.17) is 11.6 Å². The van der Waals surface area contributed by atoms with Crippen LogP contribution in [0.2, 0.25) is 5.02 Å². The number of carbonyl (C=O) groups excluding carboxylic acids is 1. The number of carbonyl (C=O) groups is 1. The third-order valence-electron chi connectivity index (χ3n) is 4.53. The predicted molar refractivity (Wildman–Crippen MR) is 86.3 cm³/mol. The number of anilines is 1. The molecule has 8 heteroatoms. The summed E-state index contributed by atoms with van der Waals surface area (Å²) in [4.78, 5) is 12.5. The molecule has 4 rings (SSSR count). The highest BCUT2D eigenvalue weighted by atomic mass is 35.5. The van der Waals surface area contributed by atoms with Gasteiger partial charge in [-0.1, -0.05) is 17.7 Å². The fourth-order valence-electron chi connectivity index (χ4n) is 3.44. The minimum Gasteiger partial charge on any atom is -0.343 e. The van der Waals surface area contributed by atoms with Gasteiger partial charge in [-0.25, -0.2) is 4.68 Å². The molecule has 1 aromatic heterocycles. The third kappa shape index (κ3) is 2.63. The number of ketones is 1. The Kier molecular flexibility index (Phi) is 3.64. The molecule has 1 N–H and O–H groups in total. The molecule has 0 fully saturated rings. The van der Waals surface area contributed by atoms with Gasteiger partial charge >= 0.3 is 6.18 Å². The van der Waals surface area contributed by atoms with Crippen LogP contribution in [-0.4, -0.2) is 15.6 Å². The van der Waals surface area contributed by atoms with E-state index in [2.05, 4.69) is 10.4 Å². The first-order valence-electron chi connectivity index (χ1n) is 7.79. The van der Waals surface area contributed by atoms with Crippen molar-refractivity contribution >= 4 is 23.2 Å². The molecule has 0 saturated carbocycles. The Morgan fingerprint density at radius 3 is 2.80 bits per heavy atom. The highest BCUT2D eigenvalue weighted by Gasteiger charge is 2.38. The van der Waals surface area contributed by atoms with Crippen molar-refractivity contribution in [1.82, 2.24) is 9.78 Å². The van der Waals surface area contributed by atoms with Gasteiger partial charge in [-0.3, -0.25) is 4.79 Å². The Hall–Kier alpha value is -2.28. The minimum absolute atomic E-state index is 0.0663. The number of rotatable bonds is 1. The second-order valence-electron chi connectivity index (χ2n) is 6.09. The Morgan fingerprint density at radius 2 is 2.04 bits per heavy atom. The van der Waals surface area contributed by atoms with Gasteiger partial charge in [0.05, 0.1) is 16.8 Å². The number of nitrogens with zero attached hydrogens (tertiary/aromatic N) is 2. The van der Waals surface area contributed by atoms with Crippen LogP contribution in [0.5, 0.6) is 0 Å². The summed E-state index contributed by atoms with van der Waals surface area (Å²) in [5.74, 6) is 0.588. The lowest BCUT2D eigenvalue weighted by Crippen LogP contribution is -2.31. The summed E-state index contributed by atoms with van der Waals surface area (Å²) in [5, 5.41) is 7.02. The van der Waals surface area contributed by atoms with Crippen molar-refractivity contribution < 1.29 is 18.0 Å². The molecule has 1 atom stereocenters. The van der Waals surface area contributed by atoms with E-state index in [-0.39, 0.29) is 10.8 Å². The number of hydrogen-bond donors (Lipinski definition) is 1. The molecule has 1 unspecified atom stereocenters. The van der Waals surface area contributed by atoms with Crippen LogP contribution in [-0.2, 0) is 11.0 Å². The van der Waals surface area contributed by atoms with Crippen molar-refractivity contribution in [2.45, 2.75) is 31.5 Å². The summed E-state index contributed by atoms with van der Waals surface area (Å²) in [6.45, 7) is 0. The van der Waals surface area contributed by atoms with Crippen molar-refractivity contribution in [3.63, 3.8) is 0 Å². The van der Waals surface area contributed by atoms with Crippen molar-refractivity contribution in [3.05, 3.63) is 57.9 Å². The maximum absolute atomic E-state index is 13.2. The van der Waals surface area contributed by atoms with E-state index in [0.29, 0.717) is 29.8 Å². The van der Waals surface area contributed by atoms with E-state index < -0.39 is 17.8 Å². The zero-order chi connectivity index (χ0) is 17.8. The molecule has 130 valence electrons. The molecule has 2 aromatic rings. The van der Waals surface area contributed by atoms with Crippen LogP contribution in [0.4, 0.5) is 19.0 Å². The van der Waals surface area contributed by atoms with Crippen LogP contribution in [0.3, 0.4) is 0 Å². The van der Waals surface area contributed by atoms with Gasteiger partial charge in [0, 0.05) is 23.8 Å². The lowest BCUT2D eigenvalue weighted by atomic mass is 9.85. The summed E-state index contributed by atoms with van der Waals surface area (Å²) < 4.78 is 41.3. The molecule has 4 nitrogen and oxygen atoms in total. The normalized spacial score (nSPS) is 20.2. The summed E-state index contributed by atoms with van der Waals surface area (Å²) in [6, 6.07) is 4.80. The van der Waals surface area contributed by atoms with E-state index in [9.17, 15) is 18.0 Å². The first kappa shape index (κ1) is 16.2. The Labute approximate surface area is 146 Å². The van der Waals surface area contributed by atoms with E-state index >= 15 is 0 Å². The summed E-state index contributed by atoms with van der Waals surface area (Å²) in [6.07, 6.45) is -1.23. The number of allylic oxidation sites excluding steroid dienone is 2. The molecule has 1 aliphatic carbocycles. The fourth-order valence-corrected chi connectivity index (χ4v) is 3.67. The van der Waals surface area contributed by atoms with Gasteiger partial charge in [-0.15, -0.1) is 0 Å². The second-order valence-corrected chi connectivity index (χ2v) is 6.50. The number of fused-ring (bicyclic) bond motifs is 1. The van der Waals surface area contributed by atoms with Gasteiger partial charge < -0.3 is 5.32 Å². The lowest BCUT2D eigenvalue weighted by Gasteiger charge is -2.33. The van der Waals surface area contributed by atoms with E-state index in [1.54, 1.807) is 16.9 Å². The molecule has 1 aliphatic heterocycles. The lowest BCUT2D eigenvalue weighted by molar-refractivity contribution is -0.137. The average molecular weight is 368 g/mol. The van der Waals surface area contributed by atoms with Gasteiger partial charge in [0.15, 0.2) is 5.78 Å². The topological polar surface area (TPSA) is 46.9 Å². The molecule has 0 radical (unpaired) electrons. The van der Waals surface area contributed by atoms with Crippen LogP contribution >= 0.6 is 11.6 Å². The zero-order valence-electron chi connectivity index (χ0n) is 12.9. The maximum Gasteiger partial charge on any atom is 0.417 e. The number of hydrogen-bond acceptors (Lipinski definition) is 3. The van der Waals surface area contributed by atoms with Crippen LogP contribution in [0.15, 0.2) is 41.7 Å². The molecule has 25 heavy (non-hydrogen) atoms. The summed E-state index contributed by atoms with van der Waals surface area (Å²) in [7, 11) is 0. The molecule has 0 spiro atoms. The monoisotopic (exact) mass is 367 g/mol. The highest BCUT2D eigenvalue weighted by Crippen LogP contribution is 2.42. The molecule has 1 aromatic carbocycles. The Morgan fingerprint density at radius 1 is 1.24 bits per heavy atom. The fraction of sp³-hybridized carbons (Fsp3) is 0.294. The van der Waals surface area contributed by atoms with Crippen molar-refractivity contribution in [1.29, 1.82) is 0 Å². The molecule has 0 bridgehead atoms. The number of Topliss-reactive ketones (excluding diaryl/α,β-unsaturated/α-hetero) is 1. The van der Waals surface area contributed by atoms with Crippen LogP contribution in [0.25, 0.3) is 0 Å². The van der Waals surface area contributed by atoms with Crippen molar-refractivity contribution in [3.8, 4) is 0 Å². The smallest absolute Gasteiger partial charge is 0.343 e. The van der Waals surface area contributed by atoms with Crippen molar-refractivity contribution in [2.75, 3.05) is 5.32 Å². The number of aromatic nitrogens is 2. The number of halogens is 4. The molecule has 2 heterocycles. The zero-order valence-corrected chi connectivity index (χ0v) is 13.7. The predicted octanol–water partition coefficient (Wildman–Crippen LogP) is 4.58. The maximum atomic E-state index is 13.2. The van der Waals surface area contributed by atoms with E-state index in [1.807, 2.05) is 0 Å². The summed E-state index contributed by atoms with van der Waals surface area (Å²) >= 11 is 5.73. The summed E-state index contributed by atoms with van der Waals surface area (Å²) in [5.41, 5.74) is 0.672. The van der Waals surface area contributed by atoms with Gasteiger partial charge in [-0.2, -0.15) is 18.3 Å². The van der Waals surface area contributed by atoms with Crippen LogP contribution < -0.4 is 5.32 Å². The highest BCUT2D eigenvalue weighted by molar-refractivity contribution is 6.31. The van der Waals surface area contributed by atoms with Gasteiger partial charge in [0.1, 0.15) is 11.9 Å². The van der Waals surface area contributed by atoms with Gasteiger partial charge in [-0.05, 0) is 30.5 Å². The third-order valence-corrected chi connectivity index (χ3v) is 4.86. The minimum atomic E-state index is -4.57. The number of nitrogens with one attached hydrogen (secondary N) is 1. The number of benzene rings is 1. The van der Waals surface area contributed by atoms with Crippen molar-refractivity contribution in [2.24, 2.45) is 0 Å². The van der Waals surface area contributed by atoms with Crippen LogP contribution in [0, 0.1) is 0 Å². The van der Waals surface area contributed by atoms with Gasteiger partial charge in [0.25, 0.3) is 0 Å². The largest absolute Gasteiger partial charge is 0.417 e. The van der Waals surface area contributed by atoms with E-state index in [1.165, 1.54) is 12.1 Å². The standard InChI is InChI=1S/C17H13ClF3N3O/c18-11-5-4-9(8-10(11)17(19,20)21)16-15-12(2-1-3-13(15)25)23-14-6-7-22-24(14)16/h4-8,16,23H,1-3H2. The molecular weight excluding hydrogens is 355 g/mol. The Bertz CT molecular complexity index is 901.